The molecule has 1 aliphatic heterocycles. The second-order valence-electron chi connectivity index (χ2n) is 11.5. The van der Waals surface area contributed by atoms with Gasteiger partial charge in [-0.15, -0.1) is 0 Å². The van der Waals surface area contributed by atoms with E-state index in [4.69, 9.17) is 4.74 Å². The van der Waals surface area contributed by atoms with Gasteiger partial charge in [-0.1, -0.05) is 6.42 Å². The summed E-state index contributed by atoms with van der Waals surface area (Å²) in [5.41, 5.74) is 3.64. The Morgan fingerprint density at radius 1 is 1.10 bits per heavy atom. The van der Waals surface area contributed by atoms with Crippen molar-refractivity contribution in [2.75, 3.05) is 38.6 Å². The highest BCUT2D eigenvalue weighted by atomic mass is 16.5. The molecule has 2 aromatic heterocycles. The third-order valence-corrected chi connectivity index (χ3v) is 8.19. The summed E-state index contributed by atoms with van der Waals surface area (Å²) >= 11 is 0. The van der Waals surface area contributed by atoms with E-state index in [0.717, 1.165) is 62.0 Å². The molecule has 220 valence electrons. The molecule has 1 saturated carbocycles. The predicted octanol–water partition coefficient (Wildman–Crippen LogP) is 4.27. The van der Waals surface area contributed by atoms with Crippen LogP contribution in [-0.2, 0) is 4.79 Å². The Balaban J connectivity index is 1.41. The van der Waals surface area contributed by atoms with Crippen molar-refractivity contribution in [3.63, 3.8) is 0 Å². The molecule has 0 bridgehead atoms. The number of anilines is 1. The first-order chi connectivity index (χ1) is 19.9. The Morgan fingerprint density at radius 3 is 2.51 bits per heavy atom. The van der Waals surface area contributed by atoms with Gasteiger partial charge in [-0.2, -0.15) is 4.99 Å². The van der Waals surface area contributed by atoms with E-state index < -0.39 is 0 Å². The van der Waals surface area contributed by atoms with Crippen molar-refractivity contribution < 1.29 is 14.3 Å². The number of amides is 2. The van der Waals surface area contributed by atoms with E-state index in [1.54, 1.807) is 18.3 Å². The summed E-state index contributed by atoms with van der Waals surface area (Å²) in [4.78, 5) is 40.7. The number of hydrogen-bond donors (Lipinski definition) is 3. The van der Waals surface area contributed by atoms with Crippen molar-refractivity contribution in [3.05, 3.63) is 47.7 Å². The van der Waals surface area contributed by atoms with Gasteiger partial charge in [-0.05, 0) is 89.7 Å². The lowest BCUT2D eigenvalue weighted by Crippen LogP contribution is -2.38. The number of likely N-dealkylation sites (tertiary alicyclic amines) is 1. The maximum Gasteiger partial charge on any atom is 0.280 e. The van der Waals surface area contributed by atoms with Crippen molar-refractivity contribution in [3.8, 4) is 5.88 Å². The molecule has 0 unspecified atom stereocenters. The number of aromatic amines is 1. The number of ether oxygens (including phenoxy) is 1. The highest BCUT2D eigenvalue weighted by Crippen LogP contribution is 2.33. The van der Waals surface area contributed by atoms with Crippen molar-refractivity contribution in [1.29, 1.82) is 0 Å². The highest BCUT2D eigenvalue weighted by molar-refractivity contribution is 5.95. The zero-order chi connectivity index (χ0) is 28.8. The lowest BCUT2D eigenvalue weighted by Gasteiger charge is -2.29. The molecule has 0 spiro atoms. The molecular formula is C31H43N7O3. The Hall–Kier alpha value is -3.66. The number of hydrogen-bond acceptors (Lipinski definition) is 6. The molecular weight excluding hydrogens is 518 g/mol. The van der Waals surface area contributed by atoms with E-state index in [0.29, 0.717) is 23.7 Å². The molecule has 2 amide bonds. The number of H-pyrrole nitrogens is 1. The van der Waals surface area contributed by atoms with Gasteiger partial charge < -0.3 is 24.9 Å². The molecule has 10 nitrogen and oxygen atoms in total. The van der Waals surface area contributed by atoms with Crippen LogP contribution in [0.1, 0.15) is 75.2 Å². The lowest BCUT2D eigenvalue weighted by molar-refractivity contribution is -0.126. The Labute approximate surface area is 241 Å². The van der Waals surface area contributed by atoms with Crippen molar-refractivity contribution >= 4 is 28.5 Å². The molecule has 3 N–H and O–H groups in total. The summed E-state index contributed by atoms with van der Waals surface area (Å²) in [7, 11) is 1.84. The van der Waals surface area contributed by atoms with Crippen LogP contribution in [0.5, 0.6) is 5.88 Å². The first-order valence-electron chi connectivity index (χ1n) is 15.0. The van der Waals surface area contributed by atoms with Gasteiger partial charge in [-0.25, -0.2) is 4.98 Å². The summed E-state index contributed by atoms with van der Waals surface area (Å²) < 4.78 is 8.21. The highest BCUT2D eigenvalue weighted by Gasteiger charge is 2.29. The van der Waals surface area contributed by atoms with Crippen LogP contribution in [-0.4, -0.2) is 70.6 Å². The van der Waals surface area contributed by atoms with Crippen LogP contribution in [0.2, 0.25) is 0 Å². The average molecular weight is 562 g/mol. The third kappa shape index (κ3) is 7.16. The number of benzene rings is 1. The van der Waals surface area contributed by atoms with Crippen LogP contribution >= 0.6 is 0 Å². The topological polar surface area (TPSA) is 117 Å². The maximum atomic E-state index is 13.2. The molecule has 1 aromatic carbocycles. The number of carbonyl (C=O) groups excluding carboxylic acids is 2. The molecule has 5 rings (SSSR count). The van der Waals surface area contributed by atoms with Gasteiger partial charge in [0.1, 0.15) is 6.61 Å². The zero-order valence-electron chi connectivity index (χ0n) is 24.5. The second kappa shape index (κ2) is 13.3. The standard InChI is InChI=1S/C31H43N7O3/c1-21(2)34-29(39)23-9-13-25(14-10-23)38-27-19-28(41-18-17-37-15-5-4-6-16-37)33-20-26(27)35-31(38)36-30(40)22-7-11-24(32-3)12-8-22/h7-8,11-12,19-21,23,25,32H,4-6,9-10,13-18H2,1-3H3,(H,34,39)(H,35,36,40)/t23-,25+. The van der Waals surface area contributed by atoms with Gasteiger partial charge in [0.2, 0.25) is 17.4 Å². The molecule has 10 heteroatoms. The monoisotopic (exact) mass is 561 g/mol. The SMILES string of the molecule is CNc1ccc(C(=O)/N=c2\[nH]c3cnc(OCCN4CCCCC4)cc3n2[C@H]2CC[C@@H](C(=O)NC(C)C)CC2)cc1. The fourth-order valence-corrected chi connectivity index (χ4v) is 5.95. The average Bonchev–Trinajstić information content (AvgIpc) is 3.34. The Bertz CT molecular complexity index is 1400. The molecule has 3 aromatic rings. The van der Waals surface area contributed by atoms with Crippen LogP contribution in [0.25, 0.3) is 11.0 Å². The van der Waals surface area contributed by atoms with Gasteiger partial charge in [0.25, 0.3) is 5.91 Å². The van der Waals surface area contributed by atoms with Gasteiger partial charge >= 0.3 is 0 Å². The molecule has 1 saturated heterocycles. The first-order valence-corrected chi connectivity index (χ1v) is 15.0. The number of fused-ring (bicyclic) bond motifs is 1. The van der Waals surface area contributed by atoms with Crippen LogP contribution < -0.4 is 21.0 Å². The lowest BCUT2D eigenvalue weighted by atomic mass is 9.85. The Morgan fingerprint density at radius 2 is 1.83 bits per heavy atom. The van der Waals surface area contributed by atoms with Gasteiger partial charge in [-0.3, -0.25) is 14.5 Å². The molecule has 3 heterocycles. The first kappa shape index (κ1) is 28.9. The Kier molecular flexibility index (Phi) is 9.38. The number of nitrogens with one attached hydrogen (secondary N) is 3. The third-order valence-electron chi connectivity index (χ3n) is 8.19. The molecule has 2 fully saturated rings. The van der Waals surface area contributed by atoms with Gasteiger partial charge in [0.05, 0.1) is 17.2 Å². The predicted molar refractivity (Wildman–Crippen MR) is 160 cm³/mol. The van der Waals surface area contributed by atoms with Crippen molar-refractivity contribution in [1.82, 2.24) is 24.8 Å². The fraction of sp³-hybridized carbons (Fsp3) is 0.548. The normalized spacial score (nSPS) is 20.3. The summed E-state index contributed by atoms with van der Waals surface area (Å²) in [6.07, 6.45) is 8.76. The summed E-state index contributed by atoms with van der Waals surface area (Å²) in [5.74, 6) is 0.375. The van der Waals surface area contributed by atoms with E-state index in [9.17, 15) is 9.59 Å². The minimum absolute atomic E-state index is 0.00233. The quantitative estimate of drug-likeness (QED) is 0.359. The zero-order valence-corrected chi connectivity index (χ0v) is 24.5. The van der Waals surface area contributed by atoms with Crippen molar-refractivity contribution in [2.45, 2.75) is 70.9 Å². The van der Waals surface area contributed by atoms with Crippen LogP contribution in [0.15, 0.2) is 41.5 Å². The second-order valence-corrected chi connectivity index (χ2v) is 11.5. The molecule has 41 heavy (non-hydrogen) atoms. The molecule has 2 aliphatic rings. The van der Waals surface area contributed by atoms with E-state index in [2.05, 4.69) is 35.1 Å². The van der Waals surface area contributed by atoms with Gasteiger partial charge in [0.15, 0.2) is 0 Å². The number of aromatic nitrogens is 3. The number of carbonyl (C=O) groups is 2. The summed E-state index contributed by atoms with van der Waals surface area (Å²) in [5, 5.41) is 6.13. The van der Waals surface area contributed by atoms with E-state index in [1.165, 1.54) is 19.3 Å². The maximum absolute atomic E-state index is 13.2. The number of imidazole rings is 1. The van der Waals surface area contributed by atoms with Crippen LogP contribution in [0, 0.1) is 5.92 Å². The minimum atomic E-state index is -0.316. The molecule has 1 aliphatic carbocycles. The van der Waals surface area contributed by atoms with E-state index in [1.807, 2.05) is 39.1 Å². The van der Waals surface area contributed by atoms with Crippen LogP contribution in [0.4, 0.5) is 5.69 Å². The largest absolute Gasteiger partial charge is 0.476 e. The summed E-state index contributed by atoms with van der Waals surface area (Å²) in [6.45, 7) is 7.70. The number of piperidine rings is 1. The van der Waals surface area contributed by atoms with Gasteiger partial charge in [0, 0.05) is 48.9 Å². The number of pyridine rings is 1. The smallest absolute Gasteiger partial charge is 0.280 e. The van der Waals surface area contributed by atoms with E-state index >= 15 is 0 Å². The fourth-order valence-electron chi connectivity index (χ4n) is 5.95. The summed E-state index contributed by atoms with van der Waals surface area (Å²) in [6, 6.07) is 9.45. The molecule has 0 radical (unpaired) electrons. The van der Waals surface area contributed by atoms with Crippen LogP contribution in [0.3, 0.4) is 0 Å². The number of nitrogens with zero attached hydrogens (tertiary/aromatic N) is 4. The van der Waals surface area contributed by atoms with Crippen molar-refractivity contribution in [2.24, 2.45) is 10.9 Å². The minimum Gasteiger partial charge on any atom is -0.476 e. The number of rotatable bonds is 9. The van der Waals surface area contributed by atoms with E-state index in [-0.39, 0.29) is 29.8 Å². The molecule has 0 atom stereocenters.